The average Bonchev–Trinajstić information content (AvgIpc) is 4.07. The number of hydrogen-bond donors (Lipinski definition) is 2. The molecule has 2 atom stereocenters. The molecular weight excluding hydrogens is 928 g/mol. The van der Waals surface area contributed by atoms with Gasteiger partial charge in [0, 0.05) is 132 Å². The number of benzene rings is 2. The maximum absolute atomic E-state index is 16.1. The third-order valence-electron chi connectivity index (χ3n) is 16.0. The Kier molecular flexibility index (Phi) is 12.2. The fourth-order valence-corrected chi connectivity index (χ4v) is 12.0. The molecule has 5 aliphatic heterocycles. The summed E-state index contributed by atoms with van der Waals surface area (Å²) in [4.78, 5) is 78.1. The first-order chi connectivity index (χ1) is 34.6. The highest BCUT2D eigenvalue weighted by Crippen LogP contribution is 2.36. The van der Waals surface area contributed by atoms with Crippen LogP contribution in [0.25, 0.3) is 33.3 Å². The van der Waals surface area contributed by atoms with E-state index in [0.717, 1.165) is 54.7 Å². The average molecular weight is 986 g/mol. The molecule has 6 aromatic rings. The SMILES string of the molecule is Cc1cc(C(=O)N2CCC(CN3CCN(c4cc5c(cc4F)n(C4CCC(=O)NC4=O)c(=O)n5C)CC3)CC2)cc(F)c1C1=CCN([C@@H](C)c2cc3c(-n4cc(F)c5c(c4=O)CCN5)ccnc3n2C)CC1. The number of carbonyl (C=O) groups is 3. The van der Waals surface area contributed by atoms with E-state index in [2.05, 4.69) is 38.4 Å². The van der Waals surface area contributed by atoms with Crippen LogP contribution in [0.1, 0.15) is 83.9 Å². The van der Waals surface area contributed by atoms with Crippen molar-refractivity contribution in [3.05, 3.63) is 121 Å². The number of aromatic nitrogens is 5. The molecular formula is C53H58F3N11O5. The lowest BCUT2D eigenvalue weighted by Gasteiger charge is -2.39. The van der Waals surface area contributed by atoms with Gasteiger partial charge < -0.3 is 19.7 Å². The van der Waals surface area contributed by atoms with Crippen molar-refractivity contribution in [1.29, 1.82) is 0 Å². The maximum atomic E-state index is 16.1. The van der Waals surface area contributed by atoms with Crippen molar-refractivity contribution in [2.24, 2.45) is 20.0 Å². The predicted octanol–water partition coefficient (Wildman–Crippen LogP) is 5.57. The molecule has 1 unspecified atom stereocenters. The van der Waals surface area contributed by atoms with Crippen molar-refractivity contribution in [2.45, 2.75) is 64.5 Å². The predicted molar refractivity (Wildman–Crippen MR) is 268 cm³/mol. The Morgan fingerprint density at radius 3 is 2.33 bits per heavy atom. The number of anilines is 2. The largest absolute Gasteiger partial charge is 0.382 e. The van der Waals surface area contributed by atoms with Crippen molar-refractivity contribution in [1.82, 2.24) is 43.3 Å². The normalized spacial score (nSPS) is 19.8. The summed E-state index contributed by atoms with van der Waals surface area (Å²) >= 11 is 0. The number of aryl methyl sites for hydroxylation is 3. The summed E-state index contributed by atoms with van der Waals surface area (Å²) in [7, 11) is 3.54. The van der Waals surface area contributed by atoms with Gasteiger partial charge in [-0.3, -0.25) is 48.0 Å². The second-order valence-electron chi connectivity index (χ2n) is 20.2. The molecule has 0 saturated carbocycles. The Morgan fingerprint density at radius 2 is 1.61 bits per heavy atom. The van der Waals surface area contributed by atoms with Crippen molar-refractivity contribution in [3.63, 3.8) is 0 Å². The van der Waals surface area contributed by atoms with Gasteiger partial charge in [0.2, 0.25) is 11.8 Å². The molecule has 19 heteroatoms. The summed E-state index contributed by atoms with van der Waals surface area (Å²) in [6.45, 7) is 10.4. The molecule has 9 heterocycles. The Hall–Kier alpha value is -6.99. The second kappa shape index (κ2) is 18.6. The Morgan fingerprint density at radius 1 is 0.833 bits per heavy atom. The van der Waals surface area contributed by atoms with Crippen LogP contribution in [0.5, 0.6) is 0 Å². The van der Waals surface area contributed by atoms with Crippen LogP contribution in [0.2, 0.25) is 0 Å². The van der Waals surface area contributed by atoms with Crippen LogP contribution in [-0.4, -0.2) is 121 Å². The van der Waals surface area contributed by atoms with E-state index in [1.165, 1.54) is 32.0 Å². The molecule has 72 heavy (non-hydrogen) atoms. The third-order valence-corrected chi connectivity index (χ3v) is 16.0. The summed E-state index contributed by atoms with van der Waals surface area (Å²) in [5, 5.41) is 6.02. The minimum atomic E-state index is -0.891. The summed E-state index contributed by atoms with van der Waals surface area (Å²) in [5.41, 5.74) is 6.01. The Bertz CT molecular complexity index is 3350. The van der Waals surface area contributed by atoms with Crippen molar-refractivity contribution >= 4 is 56.7 Å². The zero-order valence-electron chi connectivity index (χ0n) is 40.9. The molecule has 2 aromatic carbocycles. The number of piperidine rings is 2. The van der Waals surface area contributed by atoms with Gasteiger partial charge in [-0.2, -0.15) is 0 Å². The number of carbonyl (C=O) groups excluding carboxylic acids is 3. The lowest BCUT2D eigenvalue weighted by molar-refractivity contribution is -0.135. The zero-order chi connectivity index (χ0) is 50.3. The monoisotopic (exact) mass is 985 g/mol. The Labute approximate surface area is 413 Å². The number of piperazine rings is 1. The van der Waals surface area contributed by atoms with Crippen LogP contribution in [0.3, 0.4) is 0 Å². The van der Waals surface area contributed by atoms with Crippen molar-refractivity contribution in [3.8, 4) is 5.69 Å². The van der Waals surface area contributed by atoms with Gasteiger partial charge in [-0.15, -0.1) is 0 Å². The number of imide groups is 1. The highest BCUT2D eigenvalue weighted by molar-refractivity contribution is 6.00. The fraction of sp³-hybridized carbons (Fsp3) is 0.434. The first-order valence-corrected chi connectivity index (χ1v) is 25.0. The lowest BCUT2D eigenvalue weighted by Crippen LogP contribution is -2.49. The Balaban J connectivity index is 0.691. The van der Waals surface area contributed by atoms with E-state index in [1.54, 1.807) is 25.4 Å². The van der Waals surface area contributed by atoms with Gasteiger partial charge in [-0.1, -0.05) is 6.08 Å². The van der Waals surface area contributed by atoms with Crippen molar-refractivity contribution < 1.29 is 27.6 Å². The van der Waals surface area contributed by atoms with Crippen LogP contribution in [0.4, 0.5) is 24.5 Å². The fourth-order valence-electron chi connectivity index (χ4n) is 12.0. The number of imidazole rings is 1. The smallest absolute Gasteiger partial charge is 0.329 e. The number of amides is 3. The van der Waals surface area contributed by atoms with Crippen LogP contribution in [-0.2, 0) is 30.1 Å². The van der Waals surface area contributed by atoms with E-state index in [9.17, 15) is 24.0 Å². The van der Waals surface area contributed by atoms with Crippen LogP contribution < -0.4 is 26.8 Å². The zero-order valence-corrected chi connectivity index (χ0v) is 40.9. The number of likely N-dealkylation sites (tertiary alicyclic amines) is 1. The van der Waals surface area contributed by atoms with Gasteiger partial charge in [-0.25, -0.2) is 22.9 Å². The van der Waals surface area contributed by atoms with E-state index < -0.39 is 35.1 Å². The van der Waals surface area contributed by atoms with Gasteiger partial charge in [0.15, 0.2) is 5.82 Å². The molecule has 0 bridgehead atoms. The number of rotatable bonds is 9. The van der Waals surface area contributed by atoms with Gasteiger partial charge in [0.05, 0.1) is 34.3 Å². The number of fused-ring (bicyclic) bond motifs is 3. The summed E-state index contributed by atoms with van der Waals surface area (Å²) in [6, 6.07) is 9.01. The molecule has 2 N–H and O–H groups in total. The quantitative estimate of drug-likeness (QED) is 0.176. The number of pyridine rings is 2. The van der Waals surface area contributed by atoms with E-state index >= 15 is 13.2 Å². The van der Waals surface area contributed by atoms with E-state index in [4.69, 9.17) is 0 Å². The topological polar surface area (TPSA) is 155 Å². The van der Waals surface area contributed by atoms with Gasteiger partial charge >= 0.3 is 5.69 Å². The number of nitrogens with one attached hydrogen (secondary N) is 2. The van der Waals surface area contributed by atoms with Gasteiger partial charge in [0.1, 0.15) is 23.3 Å². The minimum absolute atomic E-state index is 0.0540. The molecule has 3 saturated heterocycles. The molecule has 5 aliphatic rings. The standard InChI is InChI=1S/C53H58F3N11O5/c1-30-23-34(24-38(55)47(30)33-11-17-63(18-12-33)31(2)42-25-36-40(8-14-58-49(36)60(42)3)66-29-39(56)48-35(52(66)71)7-13-57-48)51(70)65-15-9-32(10-16-65)28-62-19-21-64(22-20-62)43-27-44-45(26-37(43)54)67(53(72)61(44)4)41-5-6-46(68)59-50(41)69/h8,11,14,23-27,29,31-32,41,57H,5-7,9-10,12-13,15-22,28H2,1-4H3,(H,59,68,69)/t31-,41?/m0/s1. The molecule has 3 amide bonds. The molecule has 16 nitrogen and oxygen atoms in total. The molecule has 4 aromatic heterocycles. The number of nitrogens with zero attached hydrogens (tertiary/aromatic N) is 9. The van der Waals surface area contributed by atoms with Crippen molar-refractivity contribution in [2.75, 3.05) is 75.7 Å². The minimum Gasteiger partial charge on any atom is -0.382 e. The molecule has 3 fully saturated rings. The molecule has 11 rings (SSSR count). The molecule has 376 valence electrons. The lowest BCUT2D eigenvalue weighted by atomic mass is 9.92. The molecule has 0 radical (unpaired) electrons. The number of halogens is 3. The summed E-state index contributed by atoms with van der Waals surface area (Å²) in [5.74, 6) is -2.11. The maximum Gasteiger partial charge on any atom is 0.329 e. The molecule has 0 aliphatic carbocycles. The van der Waals surface area contributed by atoms with Crippen LogP contribution in [0.15, 0.2) is 64.5 Å². The summed E-state index contributed by atoms with van der Waals surface area (Å²) < 4.78 is 53.1. The van der Waals surface area contributed by atoms with Crippen LogP contribution >= 0.6 is 0 Å². The van der Waals surface area contributed by atoms with E-state index in [0.29, 0.717) is 109 Å². The van der Waals surface area contributed by atoms with Gasteiger partial charge in [-0.05, 0) is 93.3 Å². The molecule has 0 spiro atoms. The highest BCUT2D eigenvalue weighted by atomic mass is 19.1. The van der Waals surface area contributed by atoms with Crippen LogP contribution in [0, 0.1) is 30.3 Å². The first-order valence-electron chi connectivity index (χ1n) is 25.0. The van der Waals surface area contributed by atoms with E-state index in [-0.39, 0.29) is 41.9 Å². The van der Waals surface area contributed by atoms with Gasteiger partial charge in [0.25, 0.3) is 11.5 Å². The second-order valence-corrected chi connectivity index (χ2v) is 20.2. The van der Waals surface area contributed by atoms with E-state index in [1.807, 2.05) is 40.5 Å². The third kappa shape index (κ3) is 8.19. The first kappa shape index (κ1) is 47.3. The highest BCUT2D eigenvalue weighted by Gasteiger charge is 2.34. The summed E-state index contributed by atoms with van der Waals surface area (Å²) in [6.07, 6.45) is 7.95. The number of hydrogen-bond acceptors (Lipinski definition) is 10.